The molecule has 0 fully saturated rings. The van der Waals surface area contributed by atoms with Gasteiger partial charge < -0.3 is 19.9 Å². The minimum Gasteiger partial charge on any atom is -0.385 e. The zero-order valence-corrected chi connectivity index (χ0v) is 18.7. The van der Waals surface area contributed by atoms with E-state index >= 15 is 0 Å². The molecule has 1 unspecified atom stereocenters. The molecule has 2 aromatic rings. The molecule has 1 atom stereocenters. The fraction of sp³-hybridized carbons (Fsp3) is 0.591. The van der Waals surface area contributed by atoms with Gasteiger partial charge in [-0.05, 0) is 43.7 Å². The highest BCUT2D eigenvalue weighted by molar-refractivity contribution is 5.80. The molecule has 0 aliphatic heterocycles. The van der Waals surface area contributed by atoms with Crippen LogP contribution in [0.5, 0.6) is 0 Å². The number of hydrogen-bond acceptors (Lipinski definition) is 4. The molecule has 1 aromatic heterocycles. The predicted octanol–water partition coefficient (Wildman–Crippen LogP) is 3.15. The molecular weight excluding hydrogens is 364 g/mol. The van der Waals surface area contributed by atoms with Crippen LogP contribution in [0.3, 0.4) is 0 Å². The van der Waals surface area contributed by atoms with Gasteiger partial charge in [0.2, 0.25) is 0 Å². The first-order valence-corrected chi connectivity index (χ1v) is 10.4. The second-order valence-corrected chi connectivity index (χ2v) is 7.87. The highest BCUT2D eigenvalue weighted by Gasteiger charge is 2.10. The number of hydrogen-bond donors (Lipinski definition) is 2. The summed E-state index contributed by atoms with van der Waals surface area (Å²) < 4.78 is 7.10. The zero-order chi connectivity index (χ0) is 21.2. The summed E-state index contributed by atoms with van der Waals surface area (Å²) in [7, 11) is 3.68. The Labute approximate surface area is 175 Å². The standard InChI is InChI=1S/C22H36N6O/c1-16(2)14-19-8-10-20(11-9-19)17(3)25-22(23-12-7-13-29-6)24-15-21-27-26-18(4)28(21)5/h8-11,16-17H,7,12-15H2,1-6H3,(H2,23,24,25). The van der Waals surface area contributed by atoms with E-state index in [9.17, 15) is 0 Å². The molecule has 0 aliphatic rings. The topological polar surface area (TPSA) is 76.4 Å². The Kier molecular flexibility index (Phi) is 9.12. The van der Waals surface area contributed by atoms with E-state index in [-0.39, 0.29) is 6.04 Å². The highest BCUT2D eigenvalue weighted by Crippen LogP contribution is 2.15. The van der Waals surface area contributed by atoms with Gasteiger partial charge in [0.15, 0.2) is 11.8 Å². The fourth-order valence-electron chi connectivity index (χ4n) is 3.02. The van der Waals surface area contributed by atoms with Crippen LogP contribution < -0.4 is 10.6 Å². The van der Waals surface area contributed by atoms with E-state index < -0.39 is 0 Å². The number of aryl methyl sites for hydroxylation is 1. The summed E-state index contributed by atoms with van der Waals surface area (Å²) in [5, 5.41) is 15.2. The van der Waals surface area contributed by atoms with Crippen LogP contribution >= 0.6 is 0 Å². The Hall–Kier alpha value is -2.41. The molecule has 0 spiro atoms. The van der Waals surface area contributed by atoms with Crippen LogP contribution in [0.4, 0.5) is 0 Å². The van der Waals surface area contributed by atoms with Crippen molar-refractivity contribution in [2.45, 2.75) is 53.1 Å². The van der Waals surface area contributed by atoms with Gasteiger partial charge in [0.05, 0.1) is 6.04 Å². The van der Waals surface area contributed by atoms with E-state index in [1.54, 1.807) is 7.11 Å². The van der Waals surface area contributed by atoms with Crippen molar-refractivity contribution in [1.29, 1.82) is 0 Å². The number of aromatic nitrogens is 3. The third kappa shape index (κ3) is 7.49. The lowest BCUT2D eigenvalue weighted by Crippen LogP contribution is -2.39. The van der Waals surface area contributed by atoms with Crippen molar-refractivity contribution >= 4 is 5.96 Å². The third-order valence-electron chi connectivity index (χ3n) is 4.86. The van der Waals surface area contributed by atoms with Gasteiger partial charge in [-0.3, -0.25) is 0 Å². The van der Waals surface area contributed by atoms with Crippen LogP contribution in [0, 0.1) is 12.8 Å². The van der Waals surface area contributed by atoms with Crippen LogP contribution in [0.15, 0.2) is 29.3 Å². The van der Waals surface area contributed by atoms with E-state index in [1.807, 2.05) is 18.5 Å². The predicted molar refractivity (Wildman–Crippen MR) is 118 cm³/mol. The molecule has 0 bridgehead atoms. The monoisotopic (exact) mass is 400 g/mol. The number of rotatable bonds is 10. The SMILES string of the molecule is COCCCNC(=NCc1nnc(C)n1C)NC(C)c1ccc(CC(C)C)cc1. The molecule has 1 heterocycles. The van der Waals surface area contributed by atoms with Crippen molar-refractivity contribution in [2.75, 3.05) is 20.3 Å². The van der Waals surface area contributed by atoms with Crippen LogP contribution in [0.25, 0.3) is 0 Å². The molecule has 0 radical (unpaired) electrons. The van der Waals surface area contributed by atoms with E-state index in [4.69, 9.17) is 9.73 Å². The number of methoxy groups -OCH3 is 1. The molecule has 7 nitrogen and oxygen atoms in total. The molecule has 160 valence electrons. The van der Waals surface area contributed by atoms with Crippen molar-refractivity contribution in [3.63, 3.8) is 0 Å². The summed E-state index contributed by atoms with van der Waals surface area (Å²) in [5.41, 5.74) is 2.61. The first-order chi connectivity index (χ1) is 13.9. The number of benzene rings is 1. The molecule has 0 saturated heterocycles. The molecule has 2 N–H and O–H groups in total. The summed E-state index contributed by atoms with van der Waals surface area (Å²) in [5.74, 6) is 3.15. The Morgan fingerprint density at radius 3 is 2.48 bits per heavy atom. The largest absolute Gasteiger partial charge is 0.385 e. The van der Waals surface area contributed by atoms with Crippen LogP contribution in [0.1, 0.15) is 56.0 Å². The quantitative estimate of drug-likeness (QED) is 0.364. The van der Waals surface area contributed by atoms with E-state index in [2.05, 4.69) is 65.9 Å². The minimum atomic E-state index is 0.137. The number of ether oxygens (including phenoxy) is 1. The number of guanidine groups is 1. The molecule has 0 saturated carbocycles. The van der Waals surface area contributed by atoms with Gasteiger partial charge in [-0.1, -0.05) is 38.1 Å². The summed E-state index contributed by atoms with van der Waals surface area (Å²) in [6.45, 7) is 10.6. The maximum atomic E-state index is 5.14. The lowest BCUT2D eigenvalue weighted by molar-refractivity contribution is 0.195. The van der Waals surface area contributed by atoms with Crippen LogP contribution in [0.2, 0.25) is 0 Å². The molecule has 7 heteroatoms. The Morgan fingerprint density at radius 1 is 1.17 bits per heavy atom. The van der Waals surface area contributed by atoms with Gasteiger partial charge in [-0.15, -0.1) is 10.2 Å². The maximum absolute atomic E-state index is 5.14. The average molecular weight is 401 g/mol. The second-order valence-electron chi connectivity index (χ2n) is 7.87. The molecule has 2 rings (SSSR count). The zero-order valence-electron chi connectivity index (χ0n) is 18.7. The number of aliphatic imine (C=N–C) groups is 1. The lowest BCUT2D eigenvalue weighted by Gasteiger charge is -2.19. The van der Waals surface area contributed by atoms with Crippen molar-refractivity contribution in [3.05, 3.63) is 47.0 Å². The molecule has 0 aliphatic carbocycles. The van der Waals surface area contributed by atoms with E-state index in [0.29, 0.717) is 12.5 Å². The highest BCUT2D eigenvalue weighted by atomic mass is 16.5. The lowest BCUT2D eigenvalue weighted by atomic mass is 10.00. The van der Waals surface area contributed by atoms with E-state index in [0.717, 1.165) is 43.6 Å². The Balaban J connectivity index is 2.04. The minimum absolute atomic E-state index is 0.137. The van der Waals surface area contributed by atoms with Crippen LogP contribution in [-0.4, -0.2) is 41.0 Å². The van der Waals surface area contributed by atoms with E-state index in [1.165, 1.54) is 11.1 Å². The molecule has 0 amide bonds. The van der Waals surface area contributed by atoms with Crippen LogP contribution in [-0.2, 0) is 24.8 Å². The second kappa shape index (κ2) is 11.6. The van der Waals surface area contributed by atoms with Crippen molar-refractivity contribution in [1.82, 2.24) is 25.4 Å². The summed E-state index contributed by atoms with van der Waals surface area (Å²) in [4.78, 5) is 4.72. The van der Waals surface area contributed by atoms with Crippen molar-refractivity contribution < 1.29 is 4.74 Å². The van der Waals surface area contributed by atoms with Crippen molar-refractivity contribution in [2.24, 2.45) is 18.0 Å². The van der Waals surface area contributed by atoms with Gasteiger partial charge in [-0.2, -0.15) is 0 Å². The Morgan fingerprint density at radius 2 is 1.90 bits per heavy atom. The van der Waals surface area contributed by atoms with Crippen molar-refractivity contribution in [3.8, 4) is 0 Å². The smallest absolute Gasteiger partial charge is 0.192 e. The maximum Gasteiger partial charge on any atom is 0.192 e. The normalized spacial score (nSPS) is 13.0. The van der Waals surface area contributed by atoms with Gasteiger partial charge in [0.1, 0.15) is 12.4 Å². The summed E-state index contributed by atoms with van der Waals surface area (Å²) in [6, 6.07) is 8.98. The fourth-order valence-corrected chi connectivity index (χ4v) is 3.02. The number of nitrogens with one attached hydrogen (secondary N) is 2. The van der Waals surface area contributed by atoms with Gasteiger partial charge >= 0.3 is 0 Å². The summed E-state index contributed by atoms with van der Waals surface area (Å²) in [6.07, 6.45) is 2.02. The first kappa shape index (κ1) is 22.9. The molecular formula is C22H36N6O. The number of nitrogens with zero attached hydrogens (tertiary/aromatic N) is 4. The molecule has 1 aromatic carbocycles. The van der Waals surface area contributed by atoms with Gasteiger partial charge in [0.25, 0.3) is 0 Å². The third-order valence-corrected chi connectivity index (χ3v) is 4.86. The molecule has 29 heavy (non-hydrogen) atoms. The van der Waals surface area contributed by atoms with Gasteiger partial charge in [0, 0.05) is 27.3 Å². The summed E-state index contributed by atoms with van der Waals surface area (Å²) >= 11 is 0. The Bertz CT molecular complexity index is 766. The first-order valence-electron chi connectivity index (χ1n) is 10.4. The average Bonchev–Trinajstić information content (AvgIpc) is 3.01. The van der Waals surface area contributed by atoms with Gasteiger partial charge in [-0.25, -0.2) is 4.99 Å².